The smallest absolute Gasteiger partial charge is 0.252 e. The molecule has 2 saturated heterocycles. The largest absolute Gasteiger partial charge is 0.394 e. The molecular formula is C30H42N8O14. The maximum absolute atomic E-state index is 13.1. The number of aliphatic hydroxyl groups is 8. The predicted octanol–water partition coefficient (Wildman–Crippen LogP) is -5.64. The molecule has 1 aromatic carbocycles. The number of rotatable bonds is 16. The minimum Gasteiger partial charge on any atom is -0.394 e. The van der Waals surface area contributed by atoms with E-state index in [2.05, 4.69) is 31.3 Å². The van der Waals surface area contributed by atoms with E-state index in [-0.39, 0.29) is 50.5 Å². The Labute approximate surface area is 295 Å². The molecule has 0 aliphatic carbocycles. The Hall–Kier alpha value is -4.04. The van der Waals surface area contributed by atoms with E-state index in [0.29, 0.717) is 11.4 Å². The number of hydrogen-bond acceptors (Lipinski definition) is 18. The molecule has 0 spiro atoms. The van der Waals surface area contributed by atoms with E-state index in [1.165, 1.54) is 21.5 Å². The summed E-state index contributed by atoms with van der Waals surface area (Å²) in [6.07, 6.45) is -10.9. The lowest BCUT2D eigenvalue weighted by molar-refractivity contribution is -0.301. The number of carbonyl (C=O) groups is 2. The maximum Gasteiger partial charge on any atom is 0.252 e. The molecule has 4 heterocycles. The van der Waals surface area contributed by atoms with Crippen LogP contribution in [0.25, 0.3) is 0 Å². The van der Waals surface area contributed by atoms with Gasteiger partial charge < -0.3 is 70.4 Å². The van der Waals surface area contributed by atoms with E-state index in [1.807, 2.05) is 0 Å². The van der Waals surface area contributed by atoms with Crippen LogP contribution in [0.1, 0.15) is 32.1 Å². The summed E-state index contributed by atoms with van der Waals surface area (Å²) >= 11 is 0. The SMILES string of the molecule is O=C(NCc1cn(CCO[C@@H]2O[C@H](CO)[C@@H](O)[C@H](O)[C@H]2O)nn1)c1ccccc1C(=O)NCc1cn(CCO[C@@H]2O[C@H](CO)[C@@H](O)[C@H](O)[C@H]2O)nn1. The summed E-state index contributed by atoms with van der Waals surface area (Å²) in [5, 5.41) is 99.6. The van der Waals surface area contributed by atoms with Crippen LogP contribution in [0.5, 0.6) is 0 Å². The zero-order valence-corrected chi connectivity index (χ0v) is 27.6. The molecule has 10 atom stereocenters. The molecule has 0 radical (unpaired) electrons. The normalized spacial score (nSPS) is 29.2. The molecule has 5 rings (SSSR count). The first kappa shape index (κ1) is 39.2. The molecule has 0 unspecified atom stereocenters. The highest BCUT2D eigenvalue weighted by atomic mass is 16.7. The molecule has 2 fully saturated rings. The summed E-state index contributed by atoms with van der Waals surface area (Å²) in [4.78, 5) is 26.1. The van der Waals surface area contributed by atoms with Crippen molar-refractivity contribution in [3.8, 4) is 0 Å². The monoisotopic (exact) mass is 738 g/mol. The van der Waals surface area contributed by atoms with Gasteiger partial charge in [-0.05, 0) is 12.1 Å². The second-order valence-electron chi connectivity index (χ2n) is 12.0. The van der Waals surface area contributed by atoms with Gasteiger partial charge in [-0.3, -0.25) is 9.59 Å². The zero-order chi connectivity index (χ0) is 37.4. The fourth-order valence-corrected chi connectivity index (χ4v) is 5.40. The molecule has 0 bridgehead atoms. The Bertz CT molecular complexity index is 1490. The third-order valence-corrected chi connectivity index (χ3v) is 8.35. The summed E-state index contributed by atoms with van der Waals surface area (Å²) in [6, 6.07) is 6.19. The van der Waals surface area contributed by atoms with Crippen LogP contribution in [0.3, 0.4) is 0 Å². The molecule has 52 heavy (non-hydrogen) atoms. The zero-order valence-electron chi connectivity index (χ0n) is 27.6. The summed E-state index contributed by atoms with van der Waals surface area (Å²) in [6.45, 7) is -0.959. The number of ether oxygens (including phenoxy) is 4. The van der Waals surface area contributed by atoms with Crippen molar-refractivity contribution in [1.29, 1.82) is 0 Å². The van der Waals surface area contributed by atoms with Crippen molar-refractivity contribution in [2.24, 2.45) is 0 Å². The van der Waals surface area contributed by atoms with Gasteiger partial charge in [0.25, 0.3) is 11.8 Å². The minimum atomic E-state index is -1.56. The second-order valence-corrected chi connectivity index (χ2v) is 12.0. The van der Waals surface area contributed by atoms with Gasteiger partial charge in [-0.25, -0.2) is 9.36 Å². The molecular weight excluding hydrogens is 696 g/mol. The molecule has 2 amide bonds. The average Bonchev–Trinajstić information content (AvgIpc) is 3.82. The number of hydrogen-bond donors (Lipinski definition) is 10. The second kappa shape index (κ2) is 18.1. The van der Waals surface area contributed by atoms with Crippen LogP contribution in [-0.4, -0.2) is 170 Å². The lowest BCUT2D eigenvalue weighted by Crippen LogP contribution is -2.59. The highest BCUT2D eigenvalue weighted by molar-refractivity contribution is 6.07. The fourth-order valence-electron chi connectivity index (χ4n) is 5.40. The average molecular weight is 739 g/mol. The third kappa shape index (κ3) is 9.49. The number of aromatic nitrogens is 6. The molecule has 2 aromatic heterocycles. The van der Waals surface area contributed by atoms with Gasteiger partial charge in [-0.15, -0.1) is 10.2 Å². The van der Waals surface area contributed by atoms with Gasteiger partial charge >= 0.3 is 0 Å². The van der Waals surface area contributed by atoms with Crippen LogP contribution in [0.15, 0.2) is 36.7 Å². The Morgan fingerprint density at radius 1 is 0.654 bits per heavy atom. The van der Waals surface area contributed by atoms with Gasteiger partial charge in [0, 0.05) is 0 Å². The summed E-state index contributed by atoms with van der Waals surface area (Å²) in [5.74, 6) is -1.09. The van der Waals surface area contributed by atoms with Crippen LogP contribution in [-0.2, 0) is 45.1 Å². The van der Waals surface area contributed by atoms with Crippen molar-refractivity contribution in [3.05, 3.63) is 59.2 Å². The van der Waals surface area contributed by atoms with E-state index in [4.69, 9.17) is 18.9 Å². The molecule has 22 heteroatoms. The third-order valence-electron chi connectivity index (χ3n) is 8.35. The molecule has 286 valence electrons. The standard InChI is InChI=1S/C30H42N8O14/c39-13-19-21(41)23(43)25(45)29(51-19)49-7-5-37-11-15(33-35-37)9-31-27(47)17-3-1-2-4-18(17)28(48)32-10-16-12-38(36-34-16)6-8-50-30-26(46)24(44)22(42)20(14-40)52-30/h1-4,11-12,19-26,29-30,39-46H,5-10,13-14H2,(H,31,47)(H,32,48)/t19-,20-,21-,22-,23+,24+,25-,26-,29-,30-/m1/s1. The van der Waals surface area contributed by atoms with Gasteiger partial charge in [0.2, 0.25) is 0 Å². The van der Waals surface area contributed by atoms with Crippen LogP contribution in [0, 0.1) is 0 Å². The molecule has 3 aromatic rings. The lowest BCUT2D eigenvalue weighted by atomic mass is 9.99. The van der Waals surface area contributed by atoms with Gasteiger partial charge in [-0.2, -0.15) is 0 Å². The predicted molar refractivity (Wildman–Crippen MR) is 168 cm³/mol. The minimum absolute atomic E-state index is 0.0223. The quantitative estimate of drug-likeness (QED) is 0.0655. The lowest BCUT2D eigenvalue weighted by Gasteiger charge is -2.39. The number of nitrogens with one attached hydrogen (secondary N) is 2. The van der Waals surface area contributed by atoms with E-state index in [1.54, 1.807) is 24.5 Å². The molecule has 10 N–H and O–H groups in total. The number of nitrogens with zero attached hydrogens (tertiary/aromatic N) is 6. The van der Waals surface area contributed by atoms with Gasteiger partial charge in [0.15, 0.2) is 12.6 Å². The van der Waals surface area contributed by atoms with Crippen molar-refractivity contribution in [1.82, 2.24) is 40.6 Å². The summed E-state index contributed by atoms with van der Waals surface area (Å²) < 4.78 is 24.3. The highest BCUT2D eigenvalue weighted by Crippen LogP contribution is 2.23. The van der Waals surface area contributed by atoms with Crippen LogP contribution in [0.4, 0.5) is 0 Å². The Morgan fingerprint density at radius 3 is 1.44 bits per heavy atom. The van der Waals surface area contributed by atoms with E-state index in [0.717, 1.165) is 0 Å². The van der Waals surface area contributed by atoms with Gasteiger partial charge in [0.05, 0.1) is 76.1 Å². The molecule has 22 nitrogen and oxygen atoms in total. The topological polar surface area (TPSA) is 318 Å². The first-order valence-electron chi connectivity index (χ1n) is 16.3. The number of carbonyl (C=O) groups excluding carboxylic acids is 2. The van der Waals surface area contributed by atoms with Crippen molar-refractivity contribution in [2.45, 2.75) is 87.6 Å². The summed E-state index contributed by atoms with van der Waals surface area (Å²) in [7, 11) is 0. The first-order chi connectivity index (χ1) is 25.0. The molecule has 0 saturated carbocycles. The first-order valence-corrected chi connectivity index (χ1v) is 16.3. The Balaban J connectivity index is 1.05. The summed E-state index contributed by atoms with van der Waals surface area (Å²) in [5.41, 5.74) is 0.998. The van der Waals surface area contributed by atoms with Crippen molar-refractivity contribution < 1.29 is 69.4 Å². The Morgan fingerprint density at radius 2 is 1.06 bits per heavy atom. The van der Waals surface area contributed by atoms with E-state index >= 15 is 0 Å². The van der Waals surface area contributed by atoms with Gasteiger partial charge in [-0.1, -0.05) is 22.6 Å². The van der Waals surface area contributed by atoms with Crippen LogP contribution in [0.2, 0.25) is 0 Å². The maximum atomic E-state index is 13.1. The fraction of sp³-hybridized carbons (Fsp3) is 0.600. The number of aliphatic hydroxyl groups excluding tert-OH is 8. The Kier molecular flexibility index (Phi) is 13.7. The van der Waals surface area contributed by atoms with E-state index < -0.39 is 86.4 Å². The highest BCUT2D eigenvalue weighted by Gasteiger charge is 2.45. The van der Waals surface area contributed by atoms with Crippen molar-refractivity contribution in [2.75, 3.05) is 26.4 Å². The van der Waals surface area contributed by atoms with Crippen molar-refractivity contribution >= 4 is 11.8 Å². The molecule has 2 aliphatic rings. The van der Waals surface area contributed by atoms with Crippen molar-refractivity contribution in [3.63, 3.8) is 0 Å². The van der Waals surface area contributed by atoms with Crippen LogP contribution < -0.4 is 10.6 Å². The number of amides is 2. The molecule has 2 aliphatic heterocycles. The number of benzene rings is 1. The van der Waals surface area contributed by atoms with Gasteiger partial charge in [0.1, 0.15) is 60.2 Å². The van der Waals surface area contributed by atoms with E-state index in [9.17, 15) is 50.4 Å². The van der Waals surface area contributed by atoms with Crippen LogP contribution >= 0.6 is 0 Å².